The molecule has 7 nitrogen and oxygen atoms in total. The Hall–Kier alpha value is -3.72. The monoisotopic (exact) mass is 450 g/mol. The fraction of sp³-hybridized carbons (Fsp3) is 0.250. The molecule has 168 valence electrons. The van der Waals surface area contributed by atoms with Crippen molar-refractivity contribution >= 4 is 17.0 Å². The Morgan fingerprint density at radius 3 is 2.45 bits per heavy atom. The third-order valence-electron chi connectivity index (χ3n) is 5.52. The van der Waals surface area contributed by atoms with Gasteiger partial charge in [0, 0.05) is 29.0 Å². The summed E-state index contributed by atoms with van der Waals surface area (Å²) in [7, 11) is 0. The molecule has 0 radical (unpaired) electrons. The molecular weight excluding hydrogens is 430 g/mol. The predicted molar refractivity (Wildman–Crippen MR) is 117 cm³/mol. The van der Waals surface area contributed by atoms with E-state index in [0.717, 1.165) is 10.5 Å². The van der Waals surface area contributed by atoms with Crippen molar-refractivity contribution in [2.45, 2.75) is 25.4 Å². The number of likely N-dealkylation sites (tertiary alicyclic amines) is 1. The normalized spacial score (nSPS) is 15.5. The van der Waals surface area contributed by atoms with E-state index in [9.17, 15) is 18.7 Å². The summed E-state index contributed by atoms with van der Waals surface area (Å²) >= 11 is 0. The van der Waals surface area contributed by atoms with Crippen molar-refractivity contribution in [1.29, 1.82) is 0 Å². The van der Waals surface area contributed by atoms with Crippen molar-refractivity contribution in [2.24, 2.45) is 0 Å². The number of hydrogen-bond acceptors (Lipinski definition) is 6. The fourth-order valence-corrected chi connectivity index (χ4v) is 3.73. The molecule has 1 aliphatic heterocycles. The van der Waals surface area contributed by atoms with Crippen LogP contribution in [0, 0.1) is 0 Å². The van der Waals surface area contributed by atoms with E-state index in [0.29, 0.717) is 39.4 Å². The van der Waals surface area contributed by atoms with Gasteiger partial charge in [-0.1, -0.05) is 12.1 Å². The van der Waals surface area contributed by atoms with Crippen LogP contribution in [0.2, 0.25) is 0 Å². The lowest BCUT2D eigenvalue weighted by molar-refractivity contribution is -0.113. The SMILES string of the molecule is CC(C)(O)c1cc(-c2ncnc3cc(-c4ccc(C(=O)N5CC(F)(F)C5)cc4)oc23)ccn1. The molecule has 33 heavy (non-hydrogen) atoms. The molecule has 0 saturated carbocycles. The number of aliphatic hydroxyl groups is 1. The van der Waals surface area contributed by atoms with Crippen LogP contribution in [0.5, 0.6) is 0 Å². The van der Waals surface area contributed by atoms with Gasteiger partial charge in [-0.25, -0.2) is 18.7 Å². The minimum Gasteiger partial charge on any atom is -0.452 e. The Labute approximate surface area is 187 Å². The largest absolute Gasteiger partial charge is 0.452 e. The molecular formula is C24H20F2N4O3. The van der Waals surface area contributed by atoms with Crippen LogP contribution < -0.4 is 0 Å². The Morgan fingerprint density at radius 2 is 1.79 bits per heavy atom. The van der Waals surface area contributed by atoms with Crippen LogP contribution in [0.4, 0.5) is 8.78 Å². The highest BCUT2D eigenvalue weighted by molar-refractivity contribution is 5.95. The van der Waals surface area contributed by atoms with Gasteiger partial charge in [-0.15, -0.1) is 0 Å². The van der Waals surface area contributed by atoms with Crippen LogP contribution in [0.3, 0.4) is 0 Å². The number of pyridine rings is 1. The van der Waals surface area contributed by atoms with Gasteiger partial charge < -0.3 is 14.4 Å². The number of halogens is 2. The minimum atomic E-state index is -2.80. The smallest absolute Gasteiger partial charge is 0.282 e. The summed E-state index contributed by atoms with van der Waals surface area (Å²) in [5.74, 6) is -2.70. The first-order valence-corrected chi connectivity index (χ1v) is 10.3. The lowest BCUT2D eigenvalue weighted by Crippen LogP contribution is -2.58. The van der Waals surface area contributed by atoms with Gasteiger partial charge in [-0.05, 0) is 38.1 Å². The Bertz CT molecular complexity index is 1350. The highest BCUT2D eigenvalue weighted by atomic mass is 19.3. The van der Waals surface area contributed by atoms with Gasteiger partial charge in [-0.2, -0.15) is 0 Å². The lowest BCUT2D eigenvalue weighted by atomic mass is 10.0. The number of aromatic nitrogens is 3. The van der Waals surface area contributed by atoms with Crippen LogP contribution in [0.15, 0.2) is 59.4 Å². The molecule has 4 heterocycles. The maximum atomic E-state index is 13.1. The molecule has 1 aliphatic rings. The molecule has 3 aromatic heterocycles. The van der Waals surface area contributed by atoms with E-state index in [1.54, 1.807) is 62.5 Å². The zero-order chi connectivity index (χ0) is 23.4. The first-order chi connectivity index (χ1) is 15.6. The quantitative estimate of drug-likeness (QED) is 0.499. The Balaban J connectivity index is 1.46. The topological polar surface area (TPSA) is 92.4 Å². The summed E-state index contributed by atoms with van der Waals surface area (Å²) in [5.41, 5.74) is 2.79. The molecule has 1 aromatic carbocycles. The van der Waals surface area contributed by atoms with Gasteiger partial charge in [0.05, 0.1) is 18.8 Å². The zero-order valence-electron chi connectivity index (χ0n) is 17.9. The van der Waals surface area contributed by atoms with Gasteiger partial charge in [0.2, 0.25) is 0 Å². The third-order valence-corrected chi connectivity index (χ3v) is 5.52. The number of carbonyl (C=O) groups excluding carboxylic acids is 1. The van der Waals surface area contributed by atoms with Crippen molar-refractivity contribution in [1.82, 2.24) is 19.9 Å². The molecule has 5 rings (SSSR count). The number of furan rings is 1. The number of rotatable bonds is 4. The van der Waals surface area contributed by atoms with E-state index in [-0.39, 0.29) is 0 Å². The molecule has 0 atom stereocenters. The van der Waals surface area contributed by atoms with E-state index < -0.39 is 30.5 Å². The summed E-state index contributed by atoms with van der Waals surface area (Å²) < 4.78 is 32.2. The minimum absolute atomic E-state index is 0.335. The molecule has 9 heteroatoms. The van der Waals surface area contributed by atoms with Crippen LogP contribution in [0.25, 0.3) is 33.7 Å². The second-order valence-corrected chi connectivity index (χ2v) is 8.63. The van der Waals surface area contributed by atoms with Gasteiger partial charge >= 0.3 is 0 Å². The van der Waals surface area contributed by atoms with Crippen molar-refractivity contribution in [3.05, 3.63) is 66.2 Å². The van der Waals surface area contributed by atoms with Crippen LogP contribution in [-0.4, -0.2) is 49.9 Å². The summed E-state index contributed by atoms with van der Waals surface area (Å²) in [6, 6.07) is 11.9. The zero-order valence-corrected chi connectivity index (χ0v) is 17.9. The first kappa shape index (κ1) is 21.1. The van der Waals surface area contributed by atoms with Crippen molar-refractivity contribution in [3.63, 3.8) is 0 Å². The molecule has 1 amide bonds. The van der Waals surface area contributed by atoms with Crippen molar-refractivity contribution < 1.29 is 23.1 Å². The summed E-state index contributed by atoms with van der Waals surface area (Å²) in [5, 5.41) is 10.3. The van der Waals surface area contributed by atoms with Gasteiger partial charge in [0.15, 0.2) is 5.58 Å². The predicted octanol–water partition coefficient (Wildman–Crippen LogP) is 4.27. The van der Waals surface area contributed by atoms with Crippen LogP contribution in [0.1, 0.15) is 29.9 Å². The van der Waals surface area contributed by atoms with Crippen molar-refractivity contribution in [3.8, 4) is 22.6 Å². The third kappa shape index (κ3) is 3.95. The van der Waals surface area contributed by atoms with Crippen molar-refractivity contribution in [2.75, 3.05) is 13.1 Å². The highest BCUT2D eigenvalue weighted by Gasteiger charge is 2.46. The number of fused-ring (bicyclic) bond motifs is 1. The molecule has 0 spiro atoms. The second-order valence-electron chi connectivity index (χ2n) is 8.63. The molecule has 1 fully saturated rings. The number of hydrogen-bond donors (Lipinski definition) is 1. The number of carbonyl (C=O) groups is 1. The summed E-state index contributed by atoms with van der Waals surface area (Å²) in [4.78, 5) is 26.3. The van der Waals surface area contributed by atoms with E-state index in [2.05, 4.69) is 15.0 Å². The average molecular weight is 450 g/mol. The lowest BCUT2D eigenvalue weighted by Gasteiger charge is -2.38. The fourth-order valence-electron chi connectivity index (χ4n) is 3.73. The highest BCUT2D eigenvalue weighted by Crippen LogP contribution is 2.34. The number of alkyl halides is 2. The molecule has 0 unspecified atom stereocenters. The summed E-state index contributed by atoms with van der Waals surface area (Å²) in [6.07, 6.45) is 3.04. The van der Waals surface area contributed by atoms with Crippen LogP contribution in [-0.2, 0) is 5.60 Å². The Kier molecular flexibility index (Phi) is 4.75. The number of nitrogens with zero attached hydrogens (tertiary/aromatic N) is 4. The second kappa shape index (κ2) is 7.41. The van der Waals surface area contributed by atoms with Gasteiger partial charge in [0.1, 0.15) is 28.9 Å². The molecule has 1 saturated heterocycles. The maximum absolute atomic E-state index is 13.1. The van der Waals surface area contributed by atoms with Crippen LogP contribution >= 0.6 is 0 Å². The van der Waals surface area contributed by atoms with E-state index in [4.69, 9.17) is 4.42 Å². The number of amides is 1. The average Bonchev–Trinajstić information content (AvgIpc) is 3.21. The molecule has 1 N–H and O–H groups in total. The summed E-state index contributed by atoms with van der Waals surface area (Å²) in [6.45, 7) is 2.20. The Morgan fingerprint density at radius 1 is 1.06 bits per heavy atom. The molecule has 0 aliphatic carbocycles. The van der Waals surface area contributed by atoms with E-state index in [1.807, 2.05) is 0 Å². The maximum Gasteiger partial charge on any atom is 0.282 e. The first-order valence-electron chi connectivity index (χ1n) is 10.3. The van der Waals surface area contributed by atoms with E-state index >= 15 is 0 Å². The molecule has 0 bridgehead atoms. The van der Waals surface area contributed by atoms with Gasteiger partial charge in [-0.3, -0.25) is 9.78 Å². The van der Waals surface area contributed by atoms with Gasteiger partial charge in [0.25, 0.3) is 11.8 Å². The number of benzene rings is 1. The van der Waals surface area contributed by atoms with E-state index in [1.165, 1.54) is 6.33 Å². The standard InChI is InChI=1S/C24H20F2N4O3/c1-23(2,32)19-9-16(7-8-27-19)20-21-17(28-13-29-20)10-18(33-21)14-3-5-15(6-4-14)22(31)30-11-24(25,26)12-30/h3-10,13,32H,11-12H2,1-2H3. The molecule has 4 aromatic rings.